The molecule has 0 aliphatic heterocycles. The molecule has 2 amide bonds. The molecule has 0 spiro atoms. The molecule has 1 aromatic carbocycles. The van der Waals surface area contributed by atoms with Gasteiger partial charge in [0.1, 0.15) is 23.9 Å². The molecule has 0 bridgehead atoms. The van der Waals surface area contributed by atoms with Crippen molar-refractivity contribution in [1.82, 2.24) is 5.32 Å². The van der Waals surface area contributed by atoms with Gasteiger partial charge in [-0.15, -0.1) is 0 Å². The number of rotatable bonds is 5. The van der Waals surface area contributed by atoms with Crippen molar-refractivity contribution in [3.8, 4) is 0 Å². The molecule has 0 saturated heterocycles. The van der Waals surface area contributed by atoms with Gasteiger partial charge in [-0.1, -0.05) is 13.8 Å². The highest BCUT2D eigenvalue weighted by atomic mass is 19.1. The van der Waals surface area contributed by atoms with Crippen LogP contribution in [-0.4, -0.2) is 18.0 Å². The number of benzene rings is 1. The quantitative estimate of drug-likeness (QED) is 0.877. The molecule has 0 saturated carbocycles. The van der Waals surface area contributed by atoms with Crippen molar-refractivity contribution in [3.05, 3.63) is 29.3 Å². The normalized spacial score (nSPS) is 10.7. The van der Waals surface area contributed by atoms with Gasteiger partial charge in [0.25, 0.3) is 0 Å². The molecule has 0 unspecified atom stereocenters. The molecule has 0 aromatic heterocycles. The Balaban J connectivity index is 2.77. The predicted octanol–water partition coefficient (Wildman–Crippen LogP) is 3.19. The van der Waals surface area contributed by atoms with E-state index in [0.29, 0.717) is 0 Å². The summed E-state index contributed by atoms with van der Waals surface area (Å²) in [7, 11) is 0. The third-order valence-corrected chi connectivity index (χ3v) is 2.65. The van der Waals surface area contributed by atoms with Crippen molar-refractivity contribution in [3.63, 3.8) is 0 Å². The standard InChI is InChI=1S/C15H20F2N2O3/c1-8(2)14(20)19-13-11(16)5-10(6-12(13)17)7-22-15(21)18-9(3)4/h5-6,8-9H,7H2,1-4H3,(H,18,21)(H,19,20). The first-order valence-electron chi connectivity index (χ1n) is 6.92. The van der Waals surface area contributed by atoms with Gasteiger partial charge in [-0.3, -0.25) is 4.79 Å². The predicted molar refractivity (Wildman–Crippen MR) is 78.3 cm³/mol. The zero-order chi connectivity index (χ0) is 16.9. The lowest BCUT2D eigenvalue weighted by Crippen LogP contribution is -2.30. The van der Waals surface area contributed by atoms with Gasteiger partial charge in [-0.2, -0.15) is 0 Å². The molecule has 22 heavy (non-hydrogen) atoms. The maximum atomic E-state index is 13.9. The van der Waals surface area contributed by atoms with E-state index in [1.165, 1.54) is 0 Å². The lowest BCUT2D eigenvalue weighted by molar-refractivity contribution is -0.118. The number of alkyl carbamates (subject to hydrolysis) is 1. The number of hydrogen-bond acceptors (Lipinski definition) is 3. The van der Waals surface area contributed by atoms with E-state index >= 15 is 0 Å². The van der Waals surface area contributed by atoms with Crippen LogP contribution in [0.2, 0.25) is 0 Å². The average Bonchev–Trinajstić information content (AvgIpc) is 2.39. The Morgan fingerprint density at radius 3 is 2.14 bits per heavy atom. The first kappa shape index (κ1) is 17.9. The molecule has 7 heteroatoms. The highest BCUT2D eigenvalue weighted by Crippen LogP contribution is 2.22. The van der Waals surface area contributed by atoms with Crippen LogP contribution in [0.5, 0.6) is 0 Å². The third-order valence-electron chi connectivity index (χ3n) is 2.65. The highest BCUT2D eigenvalue weighted by Gasteiger charge is 2.16. The molecule has 0 fully saturated rings. The lowest BCUT2D eigenvalue weighted by Gasteiger charge is -2.12. The van der Waals surface area contributed by atoms with Gasteiger partial charge in [0, 0.05) is 12.0 Å². The van der Waals surface area contributed by atoms with Gasteiger partial charge < -0.3 is 15.4 Å². The zero-order valence-corrected chi connectivity index (χ0v) is 13.0. The van der Waals surface area contributed by atoms with Gasteiger partial charge in [-0.25, -0.2) is 13.6 Å². The SMILES string of the molecule is CC(C)NC(=O)OCc1cc(F)c(NC(=O)C(C)C)c(F)c1. The molecule has 2 N–H and O–H groups in total. The maximum Gasteiger partial charge on any atom is 0.407 e. The molecule has 0 aliphatic carbocycles. The molecule has 0 radical (unpaired) electrons. The minimum atomic E-state index is -0.920. The fraction of sp³-hybridized carbons (Fsp3) is 0.467. The summed E-state index contributed by atoms with van der Waals surface area (Å²) in [5.41, 5.74) is -0.356. The second-order valence-electron chi connectivity index (χ2n) is 5.45. The van der Waals surface area contributed by atoms with Crippen LogP contribution in [0, 0.1) is 17.6 Å². The van der Waals surface area contributed by atoms with E-state index in [2.05, 4.69) is 10.6 Å². The number of carbonyl (C=O) groups excluding carboxylic acids is 2. The molecule has 1 aromatic rings. The van der Waals surface area contributed by atoms with E-state index in [0.717, 1.165) is 12.1 Å². The van der Waals surface area contributed by atoms with E-state index in [9.17, 15) is 18.4 Å². The Kier molecular flexibility index (Phi) is 6.27. The summed E-state index contributed by atoms with van der Waals surface area (Å²) < 4.78 is 32.6. The van der Waals surface area contributed by atoms with E-state index < -0.39 is 35.2 Å². The topological polar surface area (TPSA) is 67.4 Å². The molecule has 1 rings (SSSR count). The van der Waals surface area contributed by atoms with E-state index in [4.69, 9.17) is 4.74 Å². The van der Waals surface area contributed by atoms with Crippen LogP contribution in [0.25, 0.3) is 0 Å². The van der Waals surface area contributed by atoms with Crippen molar-refractivity contribution in [1.29, 1.82) is 0 Å². The number of hydrogen-bond donors (Lipinski definition) is 2. The molecule has 0 aliphatic rings. The molecular formula is C15H20F2N2O3. The number of nitrogens with one attached hydrogen (secondary N) is 2. The van der Waals surface area contributed by atoms with Crippen molar-refractivity contribution < 1.29 is 23.1 Å². The number of carbonyl (C=O) groups is 2. The molecule has 0 atom stereocenters. The maximum absolute atomic E-state index is 13.9. The second kappa shape index (κ2) is 7.72. The number of anilines is 1. The van der Waals surface area contributed by atoms with Crippen LogP contribution in [0.4, 0.5) is 19.3 Å². The van der Waals surface area contributed by atoms with Crippen molar-refractivity contribution in [2.45, 2.75) is 40.3 Å². The third kappa shape index (κ3) is 5.31. The summed E-state index contributed by atoms with van der Waals surface area (Å²) in [6.45, 7) is 6.46. The monoisotopic (exact) mass is 314 g/mol. The summed E-state index contributed by atoms with van der Waals surface area (Å²) in [6, 6.07) is 1.93. The van der Waals surface area contributed by atoms with Crippen molar-refractivity contribution >= 4 is 17.7 Å². The molecular weight excluding hydrogens is 294 g/mol. The van der Waals surface area contributed by atoms with E-state index in [-0.39, 0.29) is 18.2 Å². The Morgan fingerprint density at radius 2 is 1.68 bits per heavy atom. The minimum absolute atomic E-state index is 0.102. The fourth-order valence-corrected chi connectivity index (χ4v) is 1.52. The van der Waals surface area contributed by atoms with E-state index in [1.54, 1.807) is 27.7 Å². The number of amides is 2. The van der Waals surface area contributed by atoms with Gasteiger partial charge in [0.05, 0.1) is 0 Å². The van der Waals surface area contributed by atoms with Crippen LogP contribution >= 0.6 is 0 Å². The van der Waals surface area contributed by atoms with Crippen LogP contribution in [0.1, 0.15) is 33.3 Å². The Bertz CT molecular complexity index is 537. The van der Waals surface area contributed by atoms with Crippen molar-refractivity contribution in [2.24, 2.45) is 5.92 Å². The lowest BCUT2D eigenvalue weighted by atomic mass is 10.1. The first-order valence-corrected chi connectivity index (χ1v) is 6.92. The van der Waals surface area contributed by atoms with Crippen LogP contribution in [-0.2, 0) is 16.1 Å². The summed E-state index contributed by atoms with van der Waals surface area (Å²) in [5.74, 6) is -2.73. The largest absolute Gasteiger partial charge is 0.445 e. The Morgan fingerprint density at radius 1 is 1.14 bits per heavy atom. The Labute approximate surface area is 128 Å². The summed E-state index contributed by atoms with van der Waals surface area (Å²) in [5, 5.41) is 4.67. The number of halogens is 2. The first-order chi connectivity index (χ1) is 10.2. The second-order valence-corrected chi connectivity index (χ2v) is 5.45. The Hall–Kier alpha value is -2.18. The summed E-state index contributed by atoms with van der Waals surface area (Å²) in [4.78, 5) is 22.8. The average molecular weight is 314 g/mol. The minimum Gasteiger partial charge on any atom is -0.445 e. The van der Waals surface area contributed by atoms with Gasteiger partial charge in [0.2, 0.25) is 5.91 Å². The fourth-order valence-electron chi connectivity index (χ4n) is 1.52. The van der Waals surface area contributed by atoms with Crippen LogP contribution < -0.4 is 10.6 Å². The van der Waals surface area contributed by atoms with Gasteiger partial charge in [-0.05, 0) is 31.5 Å². The zero-order valence-electron chi connectivity index (χ0n) is 13.0. The van der Waals surface area contributed by atoms with Crippen molar-refractivity contribution in [2.75, 3.05) is 5.32 Å². The van der Waals surface area contributed by atoms with Gasteiger partial charge in [0.15, 0.2) is 0 Å². The molecule has 5 nitrogen and oxygen atoms in total. The highest BCUT2D eigenvalue weighted by molar-refractivity contribution is 5.92. The molecule has 0 heterocycles. The van der Waals surface area contributed by atoms with Gasteiger partial charge >= 0.3 is 6.09 Å². The number of ether oxygens (including phenoxy) is 1. The van der Waals surface area contributed by atoms with Crippen LogP contribution in [0.3, 0.4) is 0 Å². The summed E-state index contributed by atoms with van der Waals surface area (Å²) >= 11 is 0. The smallest absolute Gasteiger partial charge is 0.407 e. The summed E-state index contributed by atoms with van der Waals surface area (Å²) in [6.07, 6.45) is -0.673. The van der Waals surface area contributed by atoms with Crippen LogP contribution in [0.15, 0.2) is 12.1 Å². The molecule has 122 valence electrons. The van der Waals surface area contributed by atoms with E-state index in [1.807, 2.05) is 0 Å².